The summed E-state index contributed by atoms with van der Waals surface area (Å²) < 4.78 is 0. The number of benzene rings is 1. The first-order valence-electron chi connectivity index (χ1n) is 7.24. The van der Waals surface area contributed by atoms with Gasteiger partial charge in [-0.1, -0.05) is 31.5 Å². The monoisotopic (exact) mass is 296 g/mol. The van der Waals surface area contributed by atoms with Crippen molar-refractivity contribution in [2.45, 2.75) is 40.2 Å². The van der Waals surface area contributed by atoms with Gasteiger partial charge in [0.2, 0.25) is 5.91 Å². The lowest BCUT2D eigenvalue weighted by atomic mass is 10.1. The van der Waals surface area contributed by atoms with E-state index in [0.29, 0.717) is 6.54 Å². The third kappa shape index (κ3) is 6.40. The van der Waals surface area contributed by atoms with Gasteiger partial charge in [-0.25, -0.2) is 0 Å². The van der Waals surface area contributed by atoms with E-state index in [1.165, 1.54) is 25.9 Å². The van der Waals surface area contributed by atoms with E-state index in [0.717, 1.165) is 16.1 Å². The number of aryl methyl sites for hydroxylation is 1. The second kappa shape index (κ2) is 8.98. The van der Waals surface area contributed by atoms with E-state index in [9.17, 15) is 4.79 Å². The number of hydrogen-bond acceptors (Lipinski definition) is 2. The van der Waals surface area contributed by atoms with Gasteiger partial charge in [0.05, 0.1) is 0 Å². The van der Waals surface area contributed by atoms with Gasteiger partial charge in [0.15, 0.2) is 0 Å². The maximum absolute atomic E-state index is 11.4. The predicted octanol–water partition coefficient (Wildman–Crippen LogP) is 3.29. The van der Waals surface area contributed by atoms with Crippen molar-refractivity contribution in [3.8, 4) is 0 Å². The van der Waals surface area contributed by atoms with Crippen LogP contribution in [0, 0.1) is 12.8 Å². The number of nitrogens with one attached hydrogen (secondary N) is 2. The Kier molecular flexibility index (Phi) is 7.63. The van der Waals surface area contributed by atoms with Crippen LogP contribution in [0.15, 0.2) is 18.2 Å². The normalized spacial score (nSPS) is 13.8. The maximum Gasteiger partial charge on any atom is 0.222 e. The number of halogens is 1. The third-order valence-electron chi connectivity index (χ3n) is 3.24. The second-order valence-corrected chi connectivity index (χ2v) is 5.84. The van der Waals surface area contributed by atoms with Gasteiger partial charge in [-0.05, 0) is 56.1 Å². The zero-order chi connectivity index (χ0) is 15.0. The number of carbonyl (C=O) groups excluding carboxylic acids is 1. The van der Waals surface area contributed by atoms with Crippen LogP contribution in [-0.4, -0.2) is 19.0 Å². The SMILES string of the molecule is C1CCNC1.Cc1cc(Cl)ccc1CNC(=O)C(C)C. The first kappa shape index (κ1) is 17.0. The van der Waals surface area contributed by atoms with E-state index in [1.807, 2.05) is 39.0 Å². The van der Waals surface area contributed by atoms with Crippen LogP contribution in [0.1, 0.15) is 37.8 Å². The van der Waals surface area contributed by atoms with Gasteiger partial charge in [0, 0.05) is 17.5 Å². The Morgan fingerprint density at radius 1 is 1.35 bits per heavy atom. The minimum atomic E-state index is 0.0256. The van der Waals surface area contributed by atoms with Crippen LogP contribution in [0.5, 0.6) is 0 Å². The van der Waals surface area contributed by atoms with E-state index >= 15 is 0 Å². The maximum atomic E-state index is 11.4. The highest BCUT2D eigenvalue weighted by molar-refractivity contribution is 6.30. The molecule has 1 heterocycles. The van der Waals surface area contributed by atoms with Crippen molar-refractivity contribution in [2.75, 3.05) is 13.1 Å². The topological polar surface area (TPSA) is 41.1 Å². The van der Waals surface area contributed by atoms with Gasteiger partial charge in [0.25, 0.3) is 0 Å². The Morgan fingerprint density at radius 3 is 2.45 bits per heavy atom. The molecule has 0 bridgehead atoms. The molecule has 2 rings (SSSR count). The van der Waals surface area contributed by atoms with Crippen LogP contribution in [0.4, 0.5) is 0 Å². The summed E-state index contributed by atoms with van der Waals surface area (Å²) >= 11 is 5.84. The largest absolute Gasteiger partial charge is 0.352 e. The summed E-state index contributed by atoms with van der Waals surface area (Å²) in [5, 5.41) is 6.83. The van der Waals surface area contributed by atoms with Crippen LogP contribution < -0.4 is 10.6 Å². The lowest BCUT2D eigenvalue weighted by Gasteiger charge is -2.09. The minimum Gasteiger partial charge on any atom is -0.352 e. The van der Waals surface area contributed by atoms with Gasteiger partial charge in [0.1, 0.15) is 0 Å². The third-order valence-corrected chi connectivity index (χ3v) is 3.47. The van der Waals surface area contributed by atoms with E-state index in [-0.39, 0.29) is 11.8 Å². The number of rotatable bonds is 3. The Morgan fingerprint density at radius 2 is 2.00 bits per heavy atom. The fraction of sp³-hybridized carbons (Fsp3) is 0.562. The Labute approximate surface area is 127 Å². The van der Waals surface area contributed by atoms with E-state index < -0.39 is 0 Å². The van der Waals surface area contributed by atoms with Crippen LogP contribution >= 0.6 is 11.6 Å². The van der Waals surface area contributed by atoms with Crippen molar-refractivity contribution < 1.29 is 4.79 Å². The Bertz CT molecular complexity index is 421. The highest BCUT2D eigenvalue weighted by atomic mass is 35.5. The molecule has 2 N–H and O–H groups in total. The zero-order valence-electron chi connectivity index (χ0n) is 12.6. The molecular weight excluding hydrogens is 272 g/mol. The molecule has 1 fully saturated rings. The van der Waals surface area contributed by atoms with Crippen molar-refractivity contribution >= 4 is 17.5 Å². The molecule has 0 atom stereocenters. The molecule has 20 heavy (non-hydrogen) atoms. The standard InChI is InChI=1S/C12H16ClNO.C4H9N/c1-8(2)12(15)14-7-10-4-5-11(13)6-9(10)3;1-2-4-5-3-1/h4-6,8H,7H2,1-3H3,(H,14,15);5H,1-4H2. The van der Waals surface area contributed by atoms with Gasteiger partial charge in [-0.2, -0.15) is 0 Å². The van der Waals surface area contributed by atoms with Gasteiger partial charge in [-0.15, -0.1) is 0 Å². The molecule has 0 aliphatic carbocycles. The smallest absolute Gasteiger partial charge is 0.222 e. The van der Waals surface area contributed by atoms with Gasteiger partial charge < -0.3 is 10.6 Å². The molecule has 1 aliphatic heterocycles. The number of carbonyl (C=O) groups is 1. The van der Waals surface area contributed by atoms with E-state index in [2.05, 4.69) is 10.6 Å². The number of hydrogen-bond donors (Lipinski definition) is 2. The second-order valence-electron chi connectivity index (χ2n) is 5.40. The van der Waals surface area contributed by atoms with Gasteiger partial charge in [-0.3, -0.25) is 4.79 Å². The summed E-state index contributed by atoms with van der Waals surface area (Å²) in [4.78, 5) is 11.4. The molecule has 1 amide bonds. The summed E-state index contributed by atoms with van der Waals surface area (Å²) in [6, 6.07) is 5.68. The molecule has 0 unspecified atom stereocenters. The van der Waals surface area contributed by atoms with Gasteiger partial charge >= 0.3 is 0 Å². The molecule has 0 aromatic heterocycles. The molecule has 1 aromatic carbocycles. The highest BCUT2D eigenvalue weighted by Gasteiger charge is 2.06. The van der Waals surface area contributed by atoms with Crippen LogP contribution in [-0.2, 0) is 11.3 Å². The first-order valence-corrected chi connectivity index (χ1v) is 7.62. The quantitative estimate of drug-likeness (QED) is 0.898. The molecule has 0 spiro atoms. The molecule has 1 aromatic rings. The average molecular weight is 297 g/mol. The van der Waals surface area contributed by atoms with Crippen LogP contribution in [0.2, 0.25) is 5.02 Å². The number of amides is 1. The Hall–Kier alpha value is -1.06. The molecule has 0 saturated carbocycles. The molecule has 1 saturated heterocycles. The summed E-state index contributed by atoms with van der Waals surface area (Å²) in [5.74, 6) is 0.0990. The first-order chi connectivity index (χ1) is 9.50. The van der Waals surface area contributed by atoms with Crippen LogP contribution in [0.3, 0.4) is 0 Å². The van der Waals surface area contributed by atoms with E-state index in [1.54, 1.807) is 0 Å². The van der Waals surface area contributed by atoms with E-state index in [4.69, 9.17) is 11.6 Å². The Balaban J connectivity index is 0.000000333. The van der Waals surface area contributed by atoms with Crippen molar-refractivity contribution in [1.82, 2.24) is 10.6 Å². The fourth-order valence-corrected chi connectivity index (χ4v) is 2.10. The molecule has 4 heteroatoms. The van der Waals surface area contributed by atoms with Crippen molar-refractivity contribution in [3.05, 3.63) is 34.3 Å². The van der Waals surface area contributed by atoms with Crippen molar-refractivity contribution in [2.24, 2.45) is 5.92 Å². The van der Waals surface area contributed by atoms with Crippen molar-refractivity contribution in [3.63, 3.8) is 0 Å². The van der Waals surface area contributed by atoms with Crippen molar-refractivity contribution in [1.29, 1.82) is 0 Å². The molecular formula is C16H25ClN2O. The zero-order valence-corrected chi connectivity index (χ0v) is 13.4. The fourth-order valence-electron chi connectivity index (χ4n) is 1.87. The predicted molar refractivity (Wildman–Crippen MR) is 85.0 cm³/mol. The highest BCUT2D eigenvalue weighted by Crippen LogP contribution is 2.14. The molecule has 1 aliphatic rings. The molecule has 112 valence electrons. The van der Waals surface area contributed by atoms with Crippen LogP contribution in [0.25, 0.3) is 0 Å². The minimum absolute atomic E-state index is 0.0256. The average Bonchev–Trinajstić information content (AvgIpc) is 2.96. The summed E-state index contributed by atoms with van der Waals surface area (Å²) in [7, 11) is 0. The summed E-state index contributed by atoms with van der Waals surface area (Å²) in [5.41, 5.74) is 2.21. The summed E-state index contributed by atoms with van der Waals surface area (Å²) in [6.07, 6.45) is 2.78. The molecule has 0 radical (unpaired) electrons. The molecule has 3 nitrogen and oxygen atoms in total. The lowest BCUT2D eigenvalue weighted by molar-refractivity contribution is -0.124. The lowest BCUT2D eigenvalue weighted by Crippen LogP contribution is -2.27. The summed E-state index contributed by atoms with van der Waals surface area (Å²) in [6.45, 7) is 8.82.